The van der Waals surface area contributed by atoms with Crippen molar-refractivity contribution in [3.63, 3.8) is 0 Å². The Morgan fingerprint density at radius 1 is 1.16 bits per heavy atom. The first kappa shape index (κ1) is 31.2. The van der Waals surface area contributed by atoms with Crippen LogP contribution in [-0.4, -0.2) is 118 Å². The van der Waals surface area contributed by atoms with Gasteiger partial charge >= 0.3 is 0 Å². The van der Waals surface area contributed by atoms with Gasteiger partial charge in [-0.05, 0) is 56.3 Å². The minimum atomic E-state index is -1.40. The number of hydrogen-bond donors (Lipinski definition) is 4. The average molecular weight is 570 g/mol. The normalized spacial score (nSPS) is 31.6. The molecule has 2 saturated heterocycles. The van der Waals surface area contributed by atoms with Crippen molar-refractivity contribution in [1.29, 1.82) is 0 Å². The molecule has 38 heavy (non-hydrogen) atoms. The van der Waals surface area contributed by atoms with Gasteiger partial charge < -0.3 is 30.3 Å². The second kappa shape index (κ2) is 13.8. The molecule has 1 aromatic carbocycles. The zero-order chi connectivity index (χ0) is 28.1. The standard InChI is InChI=1S/C27H43N3O6S2/c1-7-8-16-13-19(30(5)14-16)25(34)28-20(24-22(32)21(31)23(33)27(36-24)37-6)15(2)38-18-11-9-17(10-12-18)26(35)29(3)4/h9-12,15-16,19-24,27,31-33H,7-8,13-14H2,1-6H3,(H,28,34)/t15-,16+,19-,20+,21-,22+,23+,24+,27+/m0/s1. The minimum absolute atomic E-state index is 0.0869. The zero-order valence-electron chi connectivity index (χ0n) is 23.1. The van der Waals surface area contributed by atoms with E-state index in [-0.39, 0.29) is 23.1 Å². The molecule has 0 unspecified atom stereocenters. The molecule has 1 aromatic rings. The highest BCUT2D eigenvalue weighted by atomic mass is 32.2. The monoisotopic (exact) mass is 569 g/mol. The fraction of sp³-hybridized carbons (Fsp3) is 0.704. The Balaban J connectivity index is 1.83. The number of nitrogens with zero attached hydrogens (tertiary/aromatic N) is 2. The Hall–Kier alpha value is -1.34. The Morgan fingerprint density at radius 3 is 2.39 bits per heavy atom. The second-order valence-corrected chi connectivity index (χ2v) is 13.0. The number of ether oxygens (including phenoxy) is 1. The van der Waals surface area contributed by atoms with Gasteiger partial charge in [0.05, 0.1) is 12.1 Å². The number of aliphatic hydroxyl groups is 3. The molecule has 2 heterocycles. The summed E-state index contributed by atoms with van der Waals surface area (Å²) in [5.74, 6) is 0.243. The highest BCUT2D eigenvalue weighted by Crippen LogP contribution is 2.34. The highest BCUT2D eigenvalue weighted by molar-refractivity contribution is 8.00. The third-order valence-corrected chi connectivity index (χ3v) is 9.54. The van der Waals surface area contributed by atoms with E-state index in [0.29, 0.717) is 11.5 Å². The Kier molecular flexibility index (Phi) is 11.4. The van der Waals surface area contributed by atoms with Crippen LogP contribution in [0.5, 0.6) is 0 Å². The van der Waals surface area contributed by atoms with E-state index < -0.39 is 35.9 Å². The van der Waals surface area contributed by atoms with Crippen LogP contribution in [0, 0.1) is 5.92 Å². The molecule has 214 valence electrons. The third kappa shape index (κ3) is 7.24. The van der Waals surface area contributed by atoms with E-state index in [0.717, 1.165) is 30.7 Å². The van der Waals surface area contributed by atoms with Crippen molar-refractivity contribution in [2.24, 2.45) is 5.92 Å². The summed E-state index contributed by atoms with van der Waals surface area (Å²) in [6.45, 7) is 4.95. The first-order chi connectivity index (χ1) is 18.0. The largest absolute Gasteiger partial charge is 0.388 e. The predicted octanol–water partition coefficient (Wildman–Crippen LogP) is 1.64. The number of likely N-dealkylation sites (tertiary alicyclic amines) is 1. The van der Waals surface area contributed by atoms with Gasteiger partial charge in [-0.3, -0.25) is 14.5 Å². The number of hydrogen-bond acceptors (Lipinski definition) is 9. The Morgan fingerprint density at radius 2 is 1.82 bits per heavy atom. The minimum Gasteiger partial charge on any atom is -0.388 e. The van der Waals surface area contributed by atoms with Gasteiger partial charge in [0.1, 0.15) is 29.9 Å². The summed E-state index contributed by atoms with van der Waals surface area (Å²) in [4.78, 5) is 30.3. The number of thioether (sulfide) groups is 2. The van der Waals surface area contributed by atoms with Crippen LogP contribution in [-0.2, 0) is 9.53 Å². The fourth-order valence-electron chi connectivity index (χ4n) is 5.34. The summed E-state index contributed by atoms with van der Waals surface area (Å²) in [7, 11) is 5.37. The molecule has 0 spiro atoms. The molecule has 0 aliphatic carbocycles. The molecule has 0 aromatic heterocycles. The molecule has 9 nitrogen and oxygen atoms in total. The molecule has 2 amide bonds. The van der Waals surface area contributed by atoms with E-state index in [2.05, 4.69) is 17.1 Å². The number of nitrogens with one attached hydrogen (secondary N) is 1. The Labute approximate surface area is 234 Å². The molecule has 0 radical (unpaired) electrons. The SMILES string of the molecule is CCC[C@@H]1C[C@@H](C(=O)N[C@@H]([C@H]2O[C@H](SC)[C@H](O)[C@@H](O)[C@H]2O)[C@H](C)Sc2ccc(C(=O)N(C)C)cc2)N(C)C1. The lowest BCUT2D eigenvalue weighted by molar-refractivity contribution is -0.205. The van der Waals surface area contributed by atoms with Crippen molar-refractivity contribution in [3.05, 3.63) is 29.8 Å². The van der Waals surface area contributed by atoms with Gasteiger partial charge in [0, 0.05) is 36.3 Å². The number of aliphatic hydroxyl groups excluding tert-OH is 3. The third-order valence-electron chi connectivity index (χ3n) is 7.47. The number of likely N-dealkylation sites (N-methyl/N-ethyl adjacent to an activating group) is 1. The molecule has 11 heteroatoms. The lowest BCUT2D eigenvalue weighted by atomic mass is 9.92. The first-order valence-electron chi connectivity index (χ1n) is 13.2. The van der Waals surface area contributed by atoms with Gasteiger partial charge in [0.25, 0.3) is 5.91 Å². The van der Waals surface area contributed by atoms with Crippen molar-refractivity contribution in [3.8, 4) is 0 Å². The van der Waals surface area contributed by atoms with Gasteiger partial charge in [0.2, 0.25) is 5.91 Å². The van der Waals surface area contributed by atoms with E-state index >= 15 is 0 Å². The molecule has 0 saturated carbocycles. The number of carbonyl (C=O) groups is 2. The van der Waals surface area contributed by atoms with Gasteiger partial charge in [0.15, 0.2) is 0 Å². The van der Waals surface area contributed by atoms with Crippen LogP contribution in [0.25, 0.3) is 0 Å². The van der Waals surface area contributed by atoms with Crippen LogP contribution in [0.3, 0.4) is 0 Å². The summed E-state index contributed by atoms with van der Waals surface area (Å²) in [6.07, 6.45) is -0.273. The Bertz CT molecular complexity index is 934. The van der Waals surface area contributed by atoms with Crippen molar-refractivity contribution in [1.82, 2.24) is 15.1 Å². The second-order valence-electron chi connectivity index (χ2n) is 10.6. The maximum Gasteiger partial charge on any atom is 0.253 e. The molecule has 9 atom stereocenters. The van der Waals surface area contributed by atoms with Crippen molar-refractivity contribution in [2.45, 2.75) is 85.2 Å². The molecule has 2 aliphatic rings. The van der Waals surface area contributed by atoms with E-state index in [9.17, 15) is 24.9 Å². The van der Waals surface area contributed by atoms with Gasteiger partial charge in [-0.25, -0.2) is 0 Å². The van der Waals surface area contributed by atoms with Crippen molar-refractivity contribution < 1.29 is 29.6 Å². The van der Waals surface area contributed by atoms with Crippen LogP contribution < -0.4 is 5.32 Å². The van der Waals surface area contributed by atoms with E-state index in [4.69, 9.17) is 4.74 Å². The molecule has 2 fully saturated rings. The number of amides is 2. The first-order valence-corrected chi connectivity index (χ1v) is 15.4. The molecular formula is C27H43N3O6S2. The predicted molar refractivity (Wildman–Crippen MR) is 151 cm³/mol. The van der Waals surface area contributed by atoms with Crippen molar-refractivity contribution >= 4 is 35.3 Å². The zero-order valence-corrected chi connectivity index (χ0v) is 24.7. The molecule has 3 rings (SSSR count). The lowest BCUT2D eigenvalue weighted by Crippen LogP contribution is -2.65. The van der Waals surface area contributed by atoms with Crippen LogP contribution in [0.1, 0.15) is 43.5 Å². The smallest absolute Gasteiger partial charge is 0.253 e. The number of benzene rings is 1. The molecule has 0 bridgehead atoms. The lowest BCUT2D eigenvalue weighted by Gasteiger charge is -2.44. The number of carbonyl (C=O) groups excluding carboxylic acids is 2. The van der Waals surface area contributed by atoms with Gasteiger partial charge in [-0.2, -0.15) is 0 Å². The van der Waals surface area contributed by atoms with Gasteiger partial charge in [-0.15, -0.1) is 23.5 Å². The molecule has 2 aliphatic heterocycles. The van der Waals surface area contributed by atoms with E-state index in [1.807, 2.05) is 26.1 Å². The summed E-state index contributed by atoms with van der Waals surface area (Å²) in [5, 5.41) is 34.8. The molecule has 4 N–H and O–H groups in total. The van der Waals surface area contributed by atoms with Crippen LogP contribution in [0.15, 0.2) is 29.2 Å². The maximum atomic E-state index is 13.5. The summed E-state index contributed by atoms with van der Waals surface area (Å²) in [5.41, 5.74) is -0.164. The van der Waals surface area contributed by atoms with Crippen molar-refractivity contribution in [2.75, 3.05) is 33.9 Å². The van der Waals surface area contributed by atoms with E-state index in [1.165, 1.54) is 28.4 Å². The van der Waals surface area contributed by atoms with Crippen LogP contribution in [0.4, 0.5) is 0 Å². The topological polar surface area (TPSA) is 123 Å². The summed E-state index contributed by atoms with van der Waals surface area (Å²) in [6, 6.07) is 6.32. The van der Waals surface area contributed by atoms with Crippen LogP contribution in [0.2, 0.25) is 0 Å². The maximum absolute atomic E-state index is 13.5. The summed E-state index contributed by atoms with van der Waals surface area (Å²) < 4.78 is 6.09. The quantitative estimate of drug-likeness (QED) is 0.312. The highest BCUT2D eigenvalue weighted by Gasteiger charge is 2.48. The van der Waals surface area contributed by atoms with Gasteiger partial charge in [-0.1, -0.05) is 20.3 Å². The van der Waals surface area contributed by atoms with E-state index in [1.54, 1.807) is 32.5 Å². The fourth-order valence-corrected chi connectivity index (χ4v) is 7.12. The summed E-state index contributed by atoms with van der Waals surface area (Å²) >= 11 is 2.73. The number of rotatable bonds is 10. The average Bonchev–Trinajstić information content (AvgIpc) is 3.26. The molecular weight excluding hydrogens is 526 g/mol. The van der Waals surface area contributed by atoms with Crippen LogP contribution >= 0.6 is 23.5 Å².